The molecule has 5 nitrogen and oxygen atoms in total. The van der Waals surface area contributed by atoms with Gasteiger partial charge in [-0.2, -0.15) is 0 Å². The molecule has 0 saturated heterocycles. The molecule has 3 heterocycles. The highest BCUT2D eigenvalue weighted by Crippen LogP contribution is 2.50. The number of nitrogens with zero attached hydrogens (tertiary/aromatic N) is 4. The molecule has 0 spiro atoms. The second-order valence-corrected chi connectivity index (χ2v) is 25.0. The summed E-state index contributed by atoms with van der Waals surface area (Å²) in [4.78, 5) is 4.80. The lowest BCUT2D eigenvalue weighted by Gasteiger charge is -2.37. The van der Waals surface area contributed by atoms with Crippen LogP contribution in [-0.2, 0) is 16.2 Å². The summed E-state index contributed by atoms with van der Waals surface area (Å²) in [6, 6.07) is -1.55. The molecule has 0 amide bonds. The second kappa shape index (κ2) is 20.2. The second-order valence-electron chi connectivity index (χ2n) is 21.4. The standard InChI is InChI=1S/C78H68N4OSi/c1-53-44-66(56-36-40-67-68(46-56)78(7,8)51-77(67,5)6)75(73(45-53)84(61-28-15-10-16-29-61,62-30-17-11-18-31-62)63-32-19-12-20-33-63)81-52-80(72-47-55(37-41-70(72)81)54-24-13-9-14-25-54)58-26-23-27-59(49-58)83-60-38-39-65-64-34-21-22-35-69(64)82(71(65)50-60)74-48-57(42-43-79-74)76(2,3)4/h9-50H,51H2,1-8H3/i1D3,5D3,6D3,7D3,8D3,9D,10D,11D,12D,13D,14D,15D,16D,17D,18D,19D,20D,24D,25D,28D,29D,30D,31D,32D,33D,36D,40D,46D. The molecule has 6 heteroatoms. The monoisotopic (exact) mass is 1140 g/mol. The fourth-order valence-corrected chi connectivity index (χ4v) is 15.3. The first-order chi connectivity index (χ1) is 56.4. The Morgan fingerprint density at radius 2 is 1.25 bits per heavy atom. The number of hydrogen-bond acceptors (Lipinski definition) is 2. The third-order valence-corrected chi connectivity index (χ3v) is 19.3. The van der Waals surface area contributed by atoms with Crippen molar-refractivity contribution in [1.82, 2.24) is 14.1 Å². The predicted octanol–water partition coefficient (Wildman–Crippen LogP) is 16.3. The minimum atomic E-state index is -6.96. The molecule has 3 aromatic heterocycles. The summed E-state index contributed by atoms with van der Waals surface area (Å²) in [5, 5.41) is -3.35. The van der Waals surface area contributed by atoms with Gasteiger partial charge in [0.2, 0.25) is 0 Å². The number of benzene rings is 10. The summed E-state index contributed by atoms with van der Waals surface area (Å²) in [7, 11) is -6.96. The molecule has 0 bridgehead atoms. The average Bonchev–Trinajstić information content (AvgIpc) is 1.42. The molecule has 0 atom stereocenters. The van der Waals surface area contributed by atoms with Crippen LogP contribution in [0.5, 0.6) is 11.5 Å². The van der Waals surface area contributed by atoms with Crippen LogP contribution in [0.25, 0.3) is 72.3 Å². The third kappa shape index (κ3) is 8.90. The molecular weight excluding hydrogens is 1040 g/mol. The van der Waals surface area contributed by atoms with E-state index in [9.17, 15) is 35.6 Å². The van der Waals surface area contributed by atoms with E-state index in [1.165, 1.54) is 41.0 Å². The van der Waals surface area contributed by atoms with Gasteiger partial charge in [-0.3, -0.25) is 13.7 Å². The van der Waals surface area contributed by atoms with Crippen LogP contribution < -0.4 is 30.1 Å². The van der Waals surface area contributed by atoms with Gasteiger partial charge in [0, 0.05) is 43.6 Å². The zero-order chi connectivity index (χ0) is 90.1. The highest BCUT2D eigenvalue weighted by Gasteiger charge is 2.45. The number of para-hydroxylation sites is 1. The van der Waals surface area contributed by atoms with Crippen molar-refractivity contribution in [3.8, 4) is 50.9 Å². The molecule has 0 saturated carbocycles. The molecule has 1 aliphatic rings. The lowest BCUT2D eigenvalue weighted by atomic mass is 9.82. The fourth-order valence-electron chi connectivity index (χ4n) is 11.3. The third-order valence-electron chi connectivity index (χ3n) is 15.1. The number of hydrogen-bond donors (Lipinski definition) is 0. The van der Waals surface area contributed by atoms with E-state index < -0.39 is 264 Å². The minimum Gasteiger partial charge on any atom is -0.458 e. The van der Waals surface area contributed by atoms with Gasteiger partial charge in [0.25, 0.3) is 6.33 Å². The highest BCUT2D eigenvalue weighted by molar-refractivity contribution is 7.20. The molecule has 0 fully saturated rings. The Balaban J connectivity index is 1.25. The first-order valence-electron chi connectivity index (χ1n) is 45.3. The number of aryl methyl sites for hydroxylation is 1. The van der Waals surface area contributed by atoms with E-state index in [-0.39, 0.29) is 33.7 Å². The van der Waals surface area contributed by atoms with Crippen LogP contribution >= 0.6 is 0 Å². The number of imidazole rings is 1. The van der Waals surface area contributed by atoms with E-state index in [0.717, 1.165) is 32.5 Å². The molecule has 410 valence electrons. The van der Waals surface area contributed by atoms with Crippen molar-refractivity contribution in [3.63, 3.8) is 0 Å². The first kappa shape index (κ1) is 25.6. The lowest BCUT2D eigenvalue weighted by molar-refractivity contribution is -0.570. The minimum absolute atomic E-state index is 0.00957. The van der Waals surface area contributed by atoms with Crippen molar-refractivity contribution in [2.24, 2.45) is 0 Å². The van der Waals surface area contributed by atoms with Crippen LogP contribution in [-0.4, -0.2) is 22.2 Å². The summed E-state index contributed by atoms with van der Waals surface area (Å²) >= 11 is 0. The van der Waals surface area contributed by atoms with Gasteiger partial charge in [-0.15, -0.1) is 0 Å². The molecule has 84 heavy (non-hydrogen) atoms. The van der Waals surface area contributed by atoms with Crippen molar-refractivity contribution < 1.29 is 61.4 Å². The Bertz CT molecular complexity index is 6370. The van der Waals surface area contributed by atoms with Crippen LogP contribution in [0.4, 0.5) is 0 Å². The van der Waals surface area contributed by atoms with E-state index in [1.54, 1.807) is 18.3 Å². The van der Waals surface area contributed by atoms with Crippen LogP contribution in [0, 0.1) is 13.2 Å². The van der Waals surface area contributed by atoms with Gasteiger partial charge >= 0.3 is 0 Å². The van der Waals surface area contributed by atoms with Gasteiger partial charge in [0.1, 0.15) is 17.3 Å². The molecule has 1 aliphatic carbocycles. The number of pyridine rings is 1. The molecule has 0 aliphatic heterocycles. The topological polar surface area (TPSA) is 35.9 Å². The van der Waals surface area contributed by atoms with E-state index in [4.69, 9.17) is 26.2 Å². The van der Waals surface area contributed by atoms with Crippen molar-refractivity contribution in [3.05, 3.63) is 283 Å². The molecule has 14 rings (SSSR count). The van der Waals surface area contributed by atoms with Gasteiger partial charge in [-0.1, -0.05) is 241 Å². The van der Waals surface area contributed by atoms with Gasteiger partial charge in [0.15, 0.2) is 8.07 Å². The zero-order valence-corrected chi connectivity index (χ0v) is 45.9. The van der Waals surface area contributed by atoms with Crippen molar-refractivity contribution in [1.29, 1.82) is 0 Å². The Hall–Kier alpha value is -9.36. The number of aromatic nitrogens is 4. The van der Waals surface area contributed by atoms with E-state index in [2.05, 4.69) is 27.1 Å². The zero-order valence-electron chi connectivity index (χ0n) is 82.9. The van der Waals surface area contributed by atoms with Crippen molar-refractivity contribution in [2.45, 2.75) is 77.7 Å². The maximum absolute atomic E-state index is 10.7. The number of ether oxygens (including phenoxy) is 1. The van der Waals surface area contributed by atoms with Gasteiger partial charge < -0.3 is 4.74 Å². The van der Waals surface area contributed by atoms with Gasteiger partial charge in [0.05, 0.1) is 65.0 Å². The van der Waals surface area contributed by atoms with Crippen LogP contribution in [0.15, 0.2) is 254 Å². The van der Waals surface area contributed by atoms with Crippen LogP contribution in [0.1, 0.15) is 129 Å². The maximum Gasteiger partial charge on any atom is 0.269 e. The molecule has 0 radical (unpaired) electrons. The van der Waals surface area contributed by atoms with Gasteiger partial charge in [-0.25, -0.2) is 4.98 Å². The highest BCUT2D eigenvalue weighted by atomic mass is 28.3. The number of fused-ring (bicyclic) bond motifs is 5. The Kier molecular flexibility index (Phi) is 6.17. The first-order valence-corrected chi connectivity index (χ1v) is 28.3. The summed E-state index contributed by atoms with van der Waals surface area (Å²) in [5.41, 5.74) is -14.9. The van der Waals surface area contributed by atoms with Gasteiger partial charge in [-0.05, 0) is 144 Å². The maximum atomic E-state index is 10.7. The lowest BCUT2D eigenvalue weighted by Crippen LogP contribution is -2.76. The van der Waals surface area contributed by atoms with E-state index >= 15 is 0 Å². The van der Waals surface area contributed by atoms with Crippen molar-refractivity contribution in [2.75, 3.05) is 0 Å². The molecule has 13 aromatic rings. The quantitative estimate of drug-likeness (QED) is 0.0560. The summed E-state index contributed by atoms with van der Waals surface area (Å²) in [6.07, 6.45) is 2.86. The average molecular weight is 1140 g/mol. The normalized spacial score (nSPS) is 21.1. The fraction of sp³-hybridized carbons (Fsp3) is 0.154. The predicted molar refractivity (Wildman–Crippen MR) is 351 cm³/mol. The molecule has 10 aromatic carbocycles. The van der Waals surface area contributed by atoms with E-state index in [1.807, 2.05) is 47.0 Å². The van der Waals surface area contributed by atoms with Crippen LogP contribution in [0.2, 0.25) is 0 Å². The Morgan fingerprint density at radius 3 is 1.94 bits per heavy atom. The summed E-state index contributed by atoms with van der Waals surface area (Å²) in [5.74, 6) is 0.774. The molecule has 0 unspecified atom stereocenters. The Labute approximate surface area is 548 Å². The van der Waals surface area contributed by atoms with E-state index in [0.29, 0.717) is 23.5 Å². The van der Waals surface area contributed by atoms with Crippen LogP contribution in [0.3, 0.4) is 0 Å². The largest absolute Gasteiger partial charge is 0.458 e. The summed E-state index contributed by atoms with van der Waals surface area (Å²) < 4.78 is 370. The summed E-state index contributed by atoms with van der Waals surface area (Å²) in [6.45, 7) is -14.2. The SMILES string of the molecule is [2H]c1c([2H])c([2H])c(-c2ccc3c(c2)n(-c2cccc(Oc4ccc5c6ccccc6n(-c6cc(C(C)(C)C)ccn6)c5c4)c2)[c-][n+]3-c2c(-c3c([2H])c([2H])c4c(c3[2H])C(C([2H])([2H])[2H])(C([2H])([2H])[2H])CC4(C([2H])([2H])[2H])C([2H])([2H])[2H])cc(C([2H])([2H])[2H])cc2[Si](c2c([2H])c([2H])c([2H])c([2H])c2[2H])(c2c([2H])c([2H])c([2H])c([2H])c2[2H])c2c([2H])c([2H])c([2H])c([2H])c2[2H])c([2H])c1[2H]. The molecule has 0 N–H and O–H groups in total. The number of rotatable bonds is 11. The molecular formula is C78H68N4OSi. The van der Waals surface area contributed by atoms with Crippen molar-refractivity contribution >= 4 is 61.7 Å². The smallest absolute Gasteiger partial charge is 0.269 e. The Morgan fingerprint density at radius 1 is 0.583 bits per heavy atom.